The zero-order valence-corrected chi connectivity index (χ0v) is 16.3. The van der Waals surface area contributed by atoms with Gasteiger partial charge in [-0.1, -0.05) is 54.6 Å². The lowest BCUT2D eigenvalue weighted by atomic mass is 10.0. The van der Waals surface area contributed by atoms with Gasteiger partial charge in [0.15, 0.2) is 0 Å². The van der Waals surface area contributed by atoms with Crippen molar-refractivity contribution in [2.24, 2.45) is 0 Å². The zero-order chi connectivity index (χ0) is 22.3. The predicted octanol–water partition coefficient (Wildman–Crippen LogP) is 5.97. The summed E-state index contributed by atoms with van der Waals surface area (Å²) in [6.45, 7) is 0.267. The third kappa shape index (κ3) is 7.22. The molecule has 0 aliphatic heterocycles. The lowest BCUT2D eigenvalue weighted by molar-refractivity contribution is -0.274. The Labute approximate surface area is 177 Å². The second kappa shape index (κ2) is 9.84. The fourth-order valence-electron chi connectivity index (χ4n) is 2.91. The van der Waals surface area contributed by atoms with Gasteiger partial charge >= 0.3 is 12.3 Å². The molecule has 0 atom stereocenters. The number of halogens is 3. The summed E-state index contributed by atoms with van der Waals surface area (Å²) in [6.07, 6.45) is -1.27. The molecule has 0 bridgehead atoms. The maximum atomic E-state index is 12.2. The van der Waals surface area contributed by atoms with Gasteiger partial charge in [0, 0.05) is 0 Å². The van der Waals surface area contributed by atoms with E-state index in [-0.39, 0.29) is 18.8 Å². The van der Waals surface area contributed by atoms with Gasteiger partial charge in [0.2, 0.25) is 0 Å². The highest BCUT2D eigenvalue weighted by molar-refractivity contribution is 5.72. The van der Waals surface area contributed by atoms with Crippen LogP contribution in [0.2, 0.25) is 0 Å². The average molecular weight is 428 g/mol. The standard InChI is InChI=1S/C24H19F3O4/c25-24(26,27)31-21-11-9-17(10-12-21)5-3-13-30-22-8-2-7-20(16-22)19-6-1-4-18(14-19)15-23(28)29/h1-12,14,16H,13,15H2,(H,28,29). The summed E-state index contributed by atoms with van der Waals surface area (Å²) in [5.41, 5.74) is 3.21. The first kappa shape index (κ1) is 22.0. The van der Waals surface area contributed by atoms with Crippen molar-refractivity contribution in [3.8, 4) is 22.6 Å². The van der Waals surface area contributed by atoms with Crippen LogP contribution in [0.25, 0.3) is 17.2 Å². The molecule has 1 N–H and O–H groups in total. The first-order chi connectivity index (χ1) is 14.8. The number of aliphatic carboxylic acids is 1. The van der Waals surface area contributed by atoms with Gasteiger partial charge in [-0.05, 0) is 52.6 Å². The molecule has 0 aliphatic rings. The van der Waals surface area contributed by atoms with Gasteiger partial charge in [0.1, 0.15) is 18.1 Å². The molecule has 3 rings (SSSR count). The Morgan fingerprint density at radius 3 is 2.26 bits per heavy atom. The molecule has 0 unspecified atom stereocenters. The second-order valence-corrected chi connectivity index (χ2v) is 6.63. The van der Waals surface area contributed by atoms with Crippen LogP contribution in [0.1, 0.15) is 11.1 Å². The van der Waals surface area contributed by atoms with Crippen LogP contribution in [0, 0.1) is 0 Å². The van der Waals surface area contributed by atoms with E-state index in [2.05, 4.69) is 4.74 Å². The van der Waals surface area contributed by atoms with E-state index in [9.17, 15) is 18.0 Å². The smallest absolute Gasteiger partial charge is 0.490 e. The number of carbonyl (C=O) groups is 1. The quantitative estimate of drug-likeness (QED) is 0.480. The molecule has 0 radical (unpaired) electrons. The van der Waals surface area contributed by atoms with Gasteiger partial charge in [0.25, 0.3) is 0 Å². The Bertz CT molecular complexity index is 1060. The molecule has 0 heterocycles. The van der Waals surface area contributed by atoms with E-state index in [0.717, 1.165) is 11.1 Å². The molecule has 31 heavy (non-hydrogen) atoms. The van der Waals surface area contributed by atoms with Crippen LogP contribution < -0.4 is 9.47 Å². The van der Waals surface area contributed by atoms with Crippen LogP contribution in [0.15, 0.2) is 78.9 Å². The fourth-order valence-corrected chi connectivity index (χ4v) is 2.91. The van der Waals surface area contributed by atoms with Gasteiger partial charge in [-0.25, -0.2) is 0 Å². The van der Waals surface area contributed by atoms with E-state index in [0.29, 0.717) is 16.9 Å². The molecule has 3 aromatic carbocycles. The number of carboxylic acid groups (broad SMARTS) is 1. The van der Waals surface area contributed by atoms with E-state index in [1.807, 2.05) is 42.5 Å². The lowest BCUT2D eigenvalue weighted by Crippen LogP contribution is -2.16. The van der Waals surface area contributed by atoms with Crippen molar-refractivity contribution in [2.75, 3.05) is 6.61 Å². The zero-order valence-electron chi connectivity index (χ0n) is 16.3. The number of hydrogen-bond donors (Lipinski definition) is 1. The first-order valence-electron chi connectivity index (χ1n) is 9.35. The van der Waals surface area contributed by atoms with E-state index in [1.54, 1.807) is 18.2 Å². The number of hydrogen-bond acceptors (Lipinski definition) is 3. The Balaban J connectivity index is 1.59. The maximum Gasteiger partial charge on any atom is 0.573 e. The first-order valence-corrected chi connectivity index (χ1v) is 9.35. The van der Waals surface area contributed by atoms with Crippen LogP contribution >= 0.6 is 0 Å². The number of alkyl halides is 3. The summed E-state index contributed by atoms with van der Waals surface area (Å²) in [5, 5.41) is 8.96. The molecule has 0 fully saturated rings. The Morgan fingerprint density at radius 1 is 0.903 bits per heavy atom. The Kier molecular flexibility index (Phi) is 6.97. The van der Waals surface area contributed by atoms with Crippen molar-refractivity contribution >= 4 is 12.0 Å². The largest absolute Gasteiger partial charge is 0.573 e. The van der Waals surface area contributed by atoms with Gasteiger partial charge in [-0.2, -0.15) is 0 Å². The molecule has 0 spiro atoms. The molecular weight excluding hydrogens is 409 g/mol. The number of carboxylic acids is 1. The van der Waals surface area contributed by atoms with E-state index in [1.165, 1.54) is 24.3 Å². The minimum absolute atomic E-state index is 0.0435. The van der Waals surface area contributed by atoms with Crippen molar-refractivity contribution in [1.82, 2.24) is 0 Å². The van der Waals surface area contributed by atoms with Gasteiger partial charge in [-0.3, -0.25) is 4.79 Å². The van der Waals surface area contributed by atoms with Crippen LogP contribution in [0.5, 0.6) is 11.5 Å². The highest BCUT2D eigenvalue weighted by atomic mass is 19.4. The number of rotatable bonds is 8. The molecule has 0 amide bonds. The molecule has 0 aromatic heterocycles. The highest BCUT2D eigenvalue weighted by Crippen LogP contribution is 2.25. The van der Waals surface area contributed by atoms with E-state index in [4.69, 9.17) is 9.84 Å². The lowest BCUT2D eigenvalue weighted by Gasteiger charge is -2.08. The molecule has 7 heteroatoms. The number of ether oxygens (including phenoxy) is 2. The van der Waals surface area contributed by atoms with Gasteiger partial charge in [-0.15, -0.1) is 13.2 Å². The SMILES string of the molecule is O=C(O)Cc1cccc(-c2cccc(OCC=Cc3ccc(OC(F)(F)F)cc3)c2)c1. The normalized spacial score (nSPS) is 11.5. The van der Waals surface area contributed by atoms with Crippen molar-refractivity contribution < 1.29 is 32.5 Å². The minimum Gasteiger partial charge on any atom is -0.490 e. The van der Waals surface area contributed by atoms with Crippen LogP contribution in [-0.2, 0) is 11.2 Å². The topological polar surface area (TPSA) is 55.8 Å². The molecular formula is C24H19F3O4. The molecule has 0 saturated carbocycles. The molecule has 0 saturated heterocycles. The Morgan fingerprint density at radius 2 is 1.58 bits per heavy atom. The minimum atomic E-state index is -4.71. The van der Waals surface area contributed by atoms with Crippen molar-refractivity contribution in [2.45, 2.75) is 12.8 Å². The second-order valence-electron chi connectivity index (χ2n) is 6.63. The van der Waals surface area contributed by atoms with Crippen molar-refractivity contribution in [3.05, 3.63) is 90.0 Å². The van der Waals surface area contributed by atoms with Gasteiger partial charge < -0.3 is 14.6 Å². The average Bonchev–Trinajstić information content (AvgIpc) is 2.71. The van der Waals surface area contributed by atoms with E-state index < -0.39 is 12.3 Å². The summed E-state index contributed by atoms with van der Waals surface area (Å²) in [6, 6.07) is 20.3. The van der Waals surface area contributed by atoms with Crippen molar-refractivity contribution in [3.63, 3.8) is 0 Å². The highest BCUT2D eigenvalue weighted by Gasteiger charge is 2.30. The van der Waals surface area contributed by atoms with Crippen LogP contribution in [0.3, 0.4) is 0 Å². The van der Waals surface area contributed by atoms with Gasteiger partial charge in [0.05, 0.1) is 6.42 Å². The van der Waals surface area contributed by atoms with Crippen LogP contribution in [-0.4, -0.2) is 24.0 Å². The molecule has 160 valence electrons. The summed E-state index contributed by atoms with van der Waals surface area (Å²) < 4.78 is 46.1. The maximum absolute atomic E-state index is 12.2. The molecule has 3 aromatic rings. The Hall–Kier alpha value is -3.74. The summed E-state index contributed by atoms with van der Waals surface area (Å²) in [5.74, 6) is -0.520. The molecule has 4 nitrogen and oxygen atoms in total. The summed E-state index contributed by atoms with van der Waals surface area (Å²) >= 11 is 0. The third-order valence-electron chi connectivity index (χ3n) is 4.22. The van der Waals surface area contributed by atoms with E-state index >= 15 is 0 Å². The molecule has 0 aliphatic carbocycles. The van der Waals surface area contributed by atoms with Crippen molar-refractivity contribution in [1.29, 1.82) is 0 Å². The van der Waals surface area contributed by atoms with Crippen LogP contribution in [0.4, 0.5) is 13.2 Å². The third-order valence-corrected chi connectivity index (χ3v) is 4.22. The number of benzene rings is 3. The monoisotopic (exact) mass is 428 g/mol. The summed E-state index contributed by atoms with van der Waals surface area (Å²) in [7, 11) is 0. The summed E-state index contributed by atoms with van der Waals surface area (Å²) in [4.78, 5) is 10.9. The predicted molar refractivity (Wildman–Crippen MR) is 111 cm³/mol. The fraction of sp³-hybridized carbons (Fsp3) is 0.125.